The van der Waals surface area contributed by atoms with E-state index in [1.807, 2.05) is 24.1 Å². The topological polar surface area (TPSA) is 43.8 Å². The SMILES string of the molecule is CN(CC(=O)O)C1CCN(CCSc2cc(Cl)ccc2Cl)CC1.Cl. The van der Waals surface area contributed by atoms with Crippen LogP contribution in [0.15, 0.2) is 23.1 Å². The first kappa shape index (κ1) is 21.9. The largest absolute Gasteiger partial charge is 0.480 e. The van der Waals surface area contributed by atoms with Crippen molar-refractivity contribution in [3.05, 3.63) is 28.2 Å². The van der Waals surface area contributed by atoms with Crippen LogP contribution in [0.2, 0.25) is 10.0 Å². The minimum atomic E-state index is -0.760. The molecule has 0 aromatic heterocycles. The van der Waals surface area contributed by atoms with E-state index in [1.165, 1.54) is 0 Å². The number of rotatable bonds is 7. The monoisotopic (exact) mass is 412 g/mol. The Hall–Kier alpha value is -0.170. The minimum Gasteiger partial charge on any atom is -0.480 e. The summed E-state index contributed by atoms with van der Waals surface area (Å²) in [6.07, 6.45) is 2.04. The molecule has 0 unspecified atom stereocenters. The first-order valence-corrected chi connectivity index (χ1v) is 9.42. The molecular weight excluding hydrogens is 391 g/mol. The van der Waals surface area contributed by atoms with Crippen molar-refractivity contribution in [2.75, 3.05) is 39.0 Å². The van der Waals surface area contributed by atoms with Crippen LogP contribution < -0.4 is 0 Å². The summed E-state index contributed by atoms with van der Waals surface area (Å²) in [7, 11) is 1.89. The second-order valence-corrected chi connectivity index (χ2v) is 7.79. The van der Waals surface area contributed by atoms with Gasteiger partial charge in [0.15, 0.2) is 0 Å². The van der Waals surface area contributed by atoms with Gasteiger partial charge in [-0.2, -0.15) is 0 Å². The molecule has 1 fully saturated rings. The lowest BCUT2D eigenvalue weighted by molar-refractivity contribution is -0.138. The lowest BCUT2D eigenvalue weighted by Gasteiger charge is -2.36. The van der Waals surface area contributed by atoms with Gasteiger partial charge in [-0.15, -0.1) is 24.2 Å². The van der Waals surface area contributed by atoms with Crippen molar-refractivity contribution in [1.29, 1.82) is 0 Å². The third-order valence-corrected chi connectivity index (χ3v) is 5.84. The number of carbonyl (C=O) groups is 1. The Balaban J connectivity index is 0.00000288. The van der Waals surface area contributed by atoms with Crippen LogP contribution in [0.4, 0.5) is 0 Å². The molecule has 0 bridgehead atoms. The fourth-order valence-corrected chi connectivity index (χ4v) is 4.30. The van der Waals surface area contributed by atoms with Gasteiger partial charge in [-0.05, 0) is 51.2 Å². The summed E-state index contributed by atoms with van der Waals surface area (Å²) in [6.45, 7) is 3.15. The van der Waals surface area contributed by atoms with E-state index in [0.29, 0.717) is 11.1 Å². The van der Waals surface area contributed by atoms with E-state index < -0.39 is 5.97 Å². The lowest BCUT2D eigenvalue weighted by Crippen LogP contribution is -2.45. The van der Waals surface area contributed by atoms with Crippen LogP contribution >= 0.6 is 47.4 Å². The van der Waals surface area contributed by atoms with Crippen molar-refractivity contribution in [3.63, 3.8) is 0 Å². The number of benzene rings is 1. The highest BCUT2D eigenvalue weighted by molar-refractivity contribution is 7.99. The van der Waals surface area contributed by atoms with Crippen molar-refractivity contribution in [3.8, 4) is 0 Å². The Morgan fingerprint density at radius 2 is 2.04 bits per heavy atom. The maximum Gasteiger partial charge on any atom is 0.317 e. The van der Waals surface area contributed by atoms with Crippen LogP contribution in [-0.2, 0) is 4.79 Å². The molecule has 0 atom stereocenters. The van der Waals surface area contributed by atoms with E-state index in [1.54, 1.807) is 17.8 Å². The molecule has 0 aliphatic carbocycles. The molecule has 1 aliphatic heterocycles. The fourth-order valence-electron chi connectivity index (χ4n) is 2.80. The van der Waals surface area contributed by atoms with E-state index in [9.17, 15) is 4.79 Å². The standard InChI is InChI=1S/C16H22Cl2N2O2S.ClH/c1-19(11-16(21)22)13-4-6-20(7-5-13)8-9-23-15-10-12(17)2-3-14(15)18;/h2-3,10,13H,4-9,11H2,1H3,(H,21,22);1H. The molecular formula is C16H23Cl3N2O2S. The summed E-state index contributed by atoms with van der Waals surface area (Å²) in [5, 5.41) is 10.3. The smallest absolute Gasteiger partial charge is 0.317 e. The summed E-state index contributed by atoms with van der Waals surface area (Å²) < 4.78 is 0. The molecule has 1 aromatic rings. The third kappa shape index (κ3) is 6.98. The predicted octanol–water partition coefficient (Wildman–Crippen LogP) is 3.99. The van der Waals surface area contributed by atoms with Gasteiger partial charge in [0.05, 0.1) is 11.6 Å². The summed E-state index contributed by atoms with van der Waals surface area (Å²) >= 11 is 13.9. The second-order valence-electron chi connectivity index (χ2n) is 5.80. The Morgan fingerprint density at radius 3 is 2.67 bits per heavy atom. The third-order valence-electron chi connectivity index (χ3n) is 4.12. The van der Waals surface area contributed by atoms with Crippen LogP contribution in [0.25, 0.3) is 0 Å². The average molecular weight is 414 g/mol. The normalized spacial score (nSPS) is 16.2. The van der Waals surface area contributed by atoms with Gasteiger partial charge in [-0.1, -0.05) is 23.2 Å². The Morgan fingerprint density at radius 1 is 1.38 bits per heavy atom. The van der Waals surface area contributed by atoms with Crippen molar-refractivity contribution < 1.29 is 9.90 Å². The Labute approximate surface area is 163 Å². The van der Waals surface area contributed by atoms with Gasteiger partial charge in [-0.25, -0.2) is 0 Å². The quantitative estimate of drug-likeness (QED) is 0.685. The fraction of sp³-hybridized carbons (Fsp3) is 0.562. The zero-order chi connectivity index (χ0) is 16.8. The number of piperidine rings is 1. The van der Waals surface area contributed by atoms with Gasteiger partial charge >= 0.3 is 5.97 Å². The van der Waals surface area contributed by atoms with Crippen LogP contribution in [0.3, 0.4) is 0 Å². The zero-order valence-corrected chi connectivity index (χ0v) is 16.7. The number of aliphatic carboxylic acids is 1. The first-order valence-electron chi connectivity index (χ1n) is 7.68. The van der Waals surface area contributed by atoms with Crippen molar-refractivity contribution in [2.45, 2.75) is 23.8 Å². The maximum atomic E-state index is 10.8. The Kier molecular flexibility index (Phi) is 9.79. The van der Waals surface area contributed by atoms with Crippen molar-refractivity contribution in [1.82, 2.24) is 9.80 Å². The molecule has 0 spiro atoms. The van der Waals surface area contributed by atoms with Gasteiger partial charge in [0.2, 0.25) is 0 Å². The lowest BCUT2D eigenvalue weighted by atomic mass is 10.0. The van der Waals surface area contributed by atoms with E-state index >= 15 is 0 Å². The van der Waals surface area contributed by atoms with Crippen LogP contribution in [0.1, 0.15) is 12.8 Å². The van der Waals surface area contributed by atoms with E-state index in [-0.39, 0.29) is 19.0 Å². The molecule has 1 N–H and O–H groups in total. The molecule has 1 aliphatic rings. The summed E-state index contributed by atoms with van der Waals surface area (Å²) in [5.74, 6) is 0.208. The van der Waals surface area contributed by atoms with Crippen LogP contribution in [0.5, 0.6) is 0 Å². The predicted molar refractivity (Wildman–Crippen MR) is 104 cm³/mol. The molecule has 8 heteroatoms. The van der Waals surface area contributed by atoms with Gasteiger partial charge in [0, 0.05) is 28.3 Å². The highest BCUT2D eigenvalue weighted by Gasteiger charge is 2.23. The molecule has 1 heterocycles. The number of carboxylic acids is 1. The first-order chi connectivity index (χ1) is 11.0. The zero-order valence-electron chi connectivity index (χ0n) is 13.6. The van der Waals surface area contributed by atoms with Crippen LogP contribution in [0, 0.1) is 0 Å². The number of thioether (sulfide) groups is 1. The number of hydrogen-bond acceptors (Lipinski definition) is 4. The molecule has 1 saturated heterocycles. The highest BCUT2D eigenvalue weighted by atomic mass is 35.5. The average Bonchev–Trinajstić information content (AvgIpc) is 2.50. The molecule has 4 nitrogen and oxygen atoms in total. The molecule has 0 saturated carbocycles. The number of likely N-dealkylation sites (N-methyl/N-ethyl adjacent to an activating group) is 1. The second kappa shape index (κ2) is 10.7. The maximum absolute atomic E-state index is 10.8. The molecule has 1 aromatic carbocycles. The molecule has 0 radical (unpaired) electrons. The van der Waals surface area contributed by atoms with Crippen molar-refractivity contribution in [2.24, 2.45) is 0 Å². The van der Waals surface area contributed by atoms with Gasteiger partial charge in [0.25, 0.3) is 0 Å². The summed E-state index contributed by atoms with van der Waals surface area (Å²) in [4.78, 5) is 16.2. The van der Waals surface area contributed by atoms with E-state index in [4.69, 9.17) is 28.3 Å². The van der Waals surface area contributed by atoms with Gasteiger partial charge in [-0.3, -0.25) is 9.69 Å². The minimum absolute atomic E-state index is 0. The van der Waals surface area contributed by atoms with Gasteiger partial charge < -0.3 is 10.0 Å². The Bertz CT molecular complexity index is 540. The number of nitrogens with zero attached hydrogens (tertiary/aromatic N) is 2. The van der Waals surface area contributed by atoms with Crippen LogP contribution in [-0.4, -0.2) is 65.9 Å². The van der Waals surface area contributed by atoms with Crippen molar-refractivity contribution >= 4 is 53.3 Å². The number of halogens is 3. The van der Waals surface area contributed by atoms with E-state index in [2.05, 4.69) is 4.90 Å². The molecule has 0 amide bonds. The summed E-state index contributed by atoms with van der Waals surface area (Å²) in [5.41, 5.74) is 0. The number of carboxylic acid groups (broad SMARTS) is 1. The molecule has 24 heavy (non-hydrogen) atoms. The van der Waals surface area contributed by atoms with Gasteiger partial charge in [0.1, 0.15) is 0 Å². The summed E-state index contributed by atoms with van der Waals surface area (Å²) in [6, 6.07) is 5.90. The number of hydrogen-bond donors (Lipinski definition) is 1. The molecule has 136 valence electrons. The highest BCUT2D eigenvalue weighted by Crippen LogP contribution is 2.30. The number of likely N-dealkylation sites (tertiary alicyclic amines) is 1. The molecule has 2 rings (SSSR count). The van der Waals surface area contributed by atoms with E-state index in [0.717, 1.165) is 48.1 Å².